The van der Waals surface area contributed by atoms with Crippen LogP contribution in [0, 0.1) is 17.3 Å². The molecule has 0 aromatic rings. The first-order valence-electron chi connectivity index (χ1n) is 4.78. The van der Waals surface area contributed by atoms with E-state index in [0.29, 0.717) is 5.92 Å². The molecule has 1 unspecified atom stereocenters. The molecule has 2 nitrogen and oxygen atoms in total. The van der Waals surface area contributed by atoms with E-state index >= 15 is 0 Å². The van der Waals surface area contributed by atoms with Crippen LogP contribution in [0.5, 0.6) is 0 Å². The zero-order valence-corrected chi connectivity index (χ0v) is 8.04. The van der Waals surface area contributed by atoms with Crippen molar-refractivity contribution in [3.63, 3.8) is 0 Å². The Balaban J connectivity index is 2.36. The van der Waals surface area contributed by atoms with Crippen LogP contribution in [-0.4, -0.2) is 21.9 Å². The summed E-state index contributed by atoms with van der Waals surface area (Å²) in [5.41, 5.74) is -0.688. The number of fused-ring (bicyclic) bond motifs is 2. The van der Waals surface area contributed by atoms with E-state index in [1.54, 1.807) is 0 Å². The molecule has 0 aromatic heterocycles. The van der Waals surface area contributed by atoms with Gasteiger partial charge in [0, 0.05) is 5.92 Å². The molecule has 2 aliphatic carbocycles. The van der Waals surface area contributed by atoms with Crippen molar-refractivity contribution in [3.8, 4) is 0 Å². The van der Waals surface area contributed by atoms with Crippen molar-refractivity contribution in [1.82, 2.24) is 0 Å². The minimum Gasteiger partial charge on any atom is -0.393 e. The van der Waals surface area contributed by atoms with E-state index in [4.69, 9.17) is 0 Å². The first kappa shape index (κ1) is 8.52. The summed E-state index contributed by atoms with van der Waals surface area (Å²) in [7, 11) is 0. The van der Waals surface area contributed by atoms with Gasteiger partial charge in [-0.2, -0.15) is 0 Å². The topological polar surface area (TPSA) is 40.5 Å². The lowest BCUT2D eigenvalue weighted by Crippen LogP contribution is -2.51. The van der Waals surface area contributed by atoms with E-state index in [2.05, 4.69) is 13.8 Å². The maximum Gasteiger partial charge on any atom is 0.0725 e. The fourth-order valence-electron chi connectivity index (χ4n) is 3.10. The van der Waals surface area contributed by atoms with Crippen LogP contribution in [0.3, 0.4) is 0 Å². The Hall–Kier alpha value is -0.0800. The smallest absolute Gasteiger partial charge is 0.0725 e. The molecule has 2 rings (SSSR count). The molecule has 2 fully saturated rings. The molecule has 0 aromatic carbocycles. The largest absolute Gasteiger partial charge is 0.393 e. The van der Waals surface area contributed by atoms with Gasteiger partial charge in [-0.25, -0.2) is 0 Å². The maximum absolute atomic E-state index is 10.2. The highest BCUT2D eigenvalue weighted by atomic mass is 16.3. The van der Waals surface area contributed by atoms with Crippen LogP contribution in [0.1, 0.15) is 33.6 Å². The monoisotopic (exact) mass is 170 g/mol. The average molecular weight is 170 g/mol. The molecule has 2 heteroatoms. The van der Waals surface area contributed by atoms with Crippen LogP contribution in [0.15, 0.2) is 0 Å². The molecular formula is C10H18O2. The second-order valence-corrected chi connectivity index (χ2v) is 5.21. The Labute approximate surface area is 73.6 Å². The van der Waals surface area contributed by atoms with Crippen LogP contribution < -0.4 is 0 Å². The minimum atomic E-state index is -0.671. The quantitative estimate of drug-likeness (QED) is 0.573. The summed E-state index contributed by atoms with van der Waals surface area (Å²) in [5.74, 6) is 0.616. The number of hydrogen-bond acceptors (Lipinski definition) is 2. The average Bonchev–Trinajstić information content (AvgIpc) is 2.35. The van der Waals surface area contributed by atoms with Crippen molar-refractivity contribution in [3.05, 3.63) is 0 Å². The lowest BCUT2D eigenvalue weighted by Gasteiger charge is -2.45. The van der Waals surface area contributed by atoms with Crippen LogP contribution in [-0.2, 0) is 0 Å². The summed E-state index contributed by atoms with van der Waals surface area (Å²) < 4.78 is 0. The van der Waals surface area contributed by atoms with Crippen molar-refractivity contribution in [2.24, 2.45) is 17.3 Å². The summed E-state index contributed by atoms with van der Waals surface area (Å²) in [4.78, 5) is 0. The molecule has 12 heavy (non-hydrogen) atoms. The summed E-state index contributed by atoms with van der Waals surface area (Å²) in [6.07, 6.45) is 1.62. The van der Waals surface area contributed by atoms with E-state index < -0.39 is 5.60 Å². The Morgan fingerprint density at radius 2 is 1.75 bits per heavy atom. The van der Waals surface area contributed by atoms with E-state index in [1.807, 2.05) is 6.92 Å². The third kappa shape index (κ3) is 0.728. The Kier molecular flexibility index (Phi) is 1.45. The predicted octanol–water partition coefficient (Wildman–Crippen LogP) is 1.16. The molecule has 0 saturated heterocycles. The van der Waals surface area contributed by atoms with Crippen LogP contribution in [0.4, 0.5) is 0 Å². The van der Waals surface area contributed by atoms with Gasteiger partial charge in [-0.1, -0.05) is 13.8 Å². The molecule has 2 saturated carbocycles. The fraction of sp³-hybridized carbons (Fsp3) is 1.00. The summed E-state index contributed by atoms with van der Waals surface area (Å²) in [6, 6.07) is 0. The first-order valence-corrected chi connectivity index (χ1v) is 4.78. The third-order valence-electron chi connectivity index (χ3n) is 4.58. The summed E-state index contributed by atoms with van der Waals surface area (Å²) in [6.45, 7) is 6.10. The molecule has 0 heterocycles. The van der Waals surface area contributed by atoms with E-state index in [-0.39, 0.29) is 17.4 Å². The highest BCUT2D eigenvalue weighted by Gasteiger charge is 2.63. The second kappa shape index (κ2) is 2.05. The Morgan fingerprint density at radius 1 is 1.17 bits per heavy atom. The van der Waals surface area contributed by atoms with Crippen molar-refractivity contribution < 1.29 is 10.2 Å². The highest BCUT2D eigenvalue weighted by Crippen LogP contribution is 2.61. The van der Waals surface area contributed by atoms with Crippen molar-refractivity contribution in [1.29, 1.82) is 0 Å². The second-order valence-electron chi connectivity index (χ2n) is 5.21. The van der Waals surface area contributed by atoms with Gasteiger partial charge in [-0.3, -0.25) is 0 Å². The van der Waals surface area contributed by atoms with Gasteiger partial charge in [0.1, 0.15) is 0 Å². The molecule has 0 aliphatic heterocycles. The van der Waals surface area contributed by atoms with E-state index in [1.165, 1.54) is 0 Å². The molecule has 70 valence electrons. The highest BCUT2D eigenvalue weighted by molar-refractivity contribution is 5.12. The van der Waals surface area contributed by atoms with Gasteiger partial charge < -0.3 is 10.2 Å². The number of aliphatic hydroxyl groups excluding tert-OH is 1. The van der Waals surface area contributed by atoms with E-state index in [9.17, 15) is 10.2 Å². The fourth-order valence-corrected chi connectivity index (χ4v) is 3.10. The number of hydrogen-bond donors (Lipinski definition) is 2. The first-order chi connectivity index (χ1) is 5.37. The number of rotatable bonds is 0. The van der Waals surface area contributed by atoms with Gasteiger partial charge in [0.2, 0.25) is 0 Å². The van der Waals surface area contributed by atoms with Crippen LogP contribution >= 0.6 is 0 Å². The van der Waals surface area contributed by atoms with Gasteiger partial charge in [0.25, 0.3) is 0 Å². The molecule has 2 aliphatic rings. The third-order valence-corrected chi connectivity index (χ3v) is 4.58. The lowest BCUT2D eigenvalue weighted by atomic mass is 9.65. The lowest BCUT2D eigenvalue weighted by molar-refractivity contribution is -0.127. The molecule has 4 atom stereocenters. The van der Waals surface area contributed by atoms with Crippen LogP contribution in [0.25, 0.3) is 0 Å². The van der Waals surface area contributed by atoms with Gasteiger partial charge in [0.15, 0.2) is 0 Å². The summed E-state index contributed by atoms with van der Waals surface area (Å²) >= 11 is 0. The van der Waals surface area contributed by atoms with Crippen LogP contribution in [0.2, 0.25) is 0 Å². The van der Waals surface area contributed by atoms with E-state index in [0.717, 1.165) is 12.8 Å². The molecule has 2 N–H and O–H groups in total. The normalized spacial score (nSPS) is 56.2. The molecule has 0 amide bonds. The molecule has 0 spiro atoms. The van der Waals surface area contributed by atoms with Crippen molar-refractivity contribution in [2.75, 3.05) is 0 Å². The van der Waals surface area contributed by atoms with Crippen molar-refractivity contribution in [2.45, 2.75) is 45.3 Å². The zero-order valence-electron chi connectivity index (χ0n) is 8.04. The van der Waals surface area contributed by atoms with Gasteiger partial charge in [0.05, 0.1) is 11.7 Å². The molecule has 0 radical (unpaired) electrons. The van der Waals surface area contributed by atoms with Crippen molar-refractivity contribution >= 4 is 0 Å². The van der Waals surface area contributed by atoms with Gasteiger partial charge in [-0.15, -0.1) is 0 Å². The zero-order chi connectivity index (χ0) is 9.15. The Morgan fingerprint density at radius 3 is 2.08 bits per heavy atom. The maximum atomic E-state index is 10.2. The predicted molar refractivity (Wildman–Crippen MR) is 46.6 cm³/mol. The Bertz CT molecular complexity index is 208. The molecule has 2 bridgehead atoms. The summed E-state index contributed by atoms with van der Waals surface area (Å²) in [5, 5.41) is 19.9. The minimum absolute atomic E-state index is 0.0170. The SMILES string of the molecule is CC1(C)[C@H]2C[C@H]([C@@H](O)C2)C1(C)O. The number of aliphatic hydroxyl groups is 2. The molecular weight excluding hydrogens is 152 g/mol. The van der Waals surface area contributed by atoms with Gasteiger partial charge in [-0.05, 0) is 31.1 Å². The van der Waals surface area contributed by atoms with Gasteiger partial charge >= 0.3 is 0 Å². The standard InChI is InChI=1S/C10H18O2/c1-9(2)6-4-7(8(11)5-6)10(9,3)12/h6-8,11-12H,4-5H2,1-3H3/t6-,7+,8-,10?/m0/s1.